The van der Waals surface area contributed by atoms with Gasteiger partial charge in [0.2, 0.25) is 11.1 Å². The zero-order valence-electron chi connectivity index (χ0n) is 12.9. The summed E-state index contributed by atoms with van der Waals surface area (Å²) in [4.78, 5) is 16.4. The second-order valence-corrected chi connectivity index (χ2v) is 6.95. The lowest BCUT2D eigenvalue weighted by molar-refractivity contribution is -0.113. The van der Waals surface area contributed by atoms with Crippen LogP contribution in [0.5, 0.6) is 0 Å². The number of rotatable bonds is 5. The summed E-state index contributed by atoms with van der Waals surface area (Å²) in [5.41, 5.74) is 2.83. The van der Waals surface area contributed by atoms with Crippen LogP contribution in [-0.2, 0) is 4.79 Å². The molecular formula is C17H15BrN4OS. The Morgan fingerprint density at radius 1 is 1.25 bits per heavy atom. The molecule has 0 aliphatic rings. The number of aryl methyl sites for hydroxylation is 1. The van der Waals surface area contributed by atoms with Crippen LogP contribution in [0.1, 0.15) is 5.56 Å². The van der Waals surface area contributed by atoms with E-state index in [0.29, 0.717) is 11.0 Å². The van der Waals surface area contributed by atoms with Crippen LogP contribution in [0.25, 0.3) is 11.4 Å². The smallest absolute Gasteiger partial charge is 0.234 e. The van der Waals surface area contributed by atoms with Crippen LogP contribution in [0.2, 0.25) is 0 Å². The molecule has 0 aliphatic carbocycles. The van der Waals surface area contributed by atoms with Crippen molar-refractivity contribution in [3.63, 3.8) is 0 Å². The van der Waals surface area contributed by atoms with Crippen LogP contribution in [0, 0.1) is 6.92 Å². The van der Waals surface area contributed by atoms with Gasteiger partial charge in [0.25, 0.3) is 0 Å². The van der Waals surface area contributed by atoms with Gasteiger partial charge in [0.1, 0.15) is 0 Å². The van der Waals surface area contributed by atoms with Crippen LogP contribution in [0.15, 0.2) is 58.2 Å². The average Bonchev–Trinajstić information content (AvgIpc) is 3.02. The Balaban J connectivity index is 1.59. The third-order valence-electron chi connectivity index (χ3n) is 3.23. The molecule has 0 aliphatic heterocycles. The minimum absolute atomic E-state index is 0.0853. The number of nitrogens with zero attached hydrogens (tertiary/aromatic N) is 2. The van der Waals surface area contributed by atoms with Gasteiger partial charge in [-0.15, -0.1) is 5.10 Å². The van der Waals surface area contributed by atoms with Crippen LogP contribution in [-0.4, -0.2) is 26.8 Å². The lowest BCUT2D eigenvalue weighted by Crippen LogP contribution is -2.14. The summed E-state index contributed by atoms with van der Waals surface area (Å²) >= 11 is 4.78. The zero-order chi connectivity index (χ0) is 16.9. The Morgan fingerprint density at radius 2 is 2.08 bits per heavy atom. The van der Waals surface area contributed by atoms with Crippen molar-refractivity contribution in [3.05, 3.63) is 58.6 Å². The number of carbonyl (C=O) groups is 1. The molecule has 24 heavy (non-hydrogen) atoms. The maximum atomic E-state index is 12.0. The number of halogens is 1. The molecule has 0 spiro atoms. The van der Waals surface area contributed by atoms with Gasteiger partial charge >= 0.3 is 0 Å². The number of hydrogen-bond acceptors (Lipinski definition) is 4. The predicted octanol–water partition coefficient (Wildman–Crippen LogP) is 4.27. The predicted molar refractivity (Wildman–Crippen MR) is 100 cm³/mol. The summed E-state index contributed by atoms with van der Waals surface area (Å²) in [5, 5.41) is 10.5. The van der Waals surface area contributed by atoms with E-state index in [1.165, 1.54) is 11.8 Å². The number of nitrogens with one attached hydrogen (secondary N) is 2. The highest BCUT2D eigenvalue weighted by molar-refractivity contribution is 9.10. The number of amides is 1. The second kappa shape index (κ2) is 7.63. The molecule has 7 heteroatoms. The number of thioether (sulfide) groups is 1. The molecule has 0 atom stereocenters. The third kappa shape index (κ3) is 4.24. The van der Waals surface area contributed by atoms with E-state index < -0.39 is 0 Å². The fourth-order valence-corrected chi connectivity index (χ4v) is 3.21. The molecule has 1 aromatic heterocycles. The molecule has 2 aromatic carbocycles. The van der Waals surface area contributed by atoms with Gasteiger partial charge in [-0.3, -0.25) is 9.89 Å². The molecule has 0 unspecified atom stereocenters. The molecule has 0 bridgehead atoms. The first kappa shape index (κ1) is 16.7. The molecule has 2 N–H and O–H groups in total. The van der Waals surface area contributed by atoms with Crippen LogP contribution in [0.3, 0.4) is 0 Å². The van der Waals surface area contributed by atoms with Crippen molar-refractivity contribution < 1.29 is 4.79 Å². The van der Waals surface area contributed by atoms with Crippen molar-refractivity contribution in [1.29, 1.82) is 0 Å². The second-order valence-electron chi connectivity index (χ2n) is 5.15. The highest BCUT2D eigenvalue weighted by atomic mass is 79.9. The first-order chi connectivity index (χ1) is 11.6. The average molecular weight is 403 g/mol. The molecule has 0 saturated heterocycles. The largest absolute Gasteiger partial charge is 0.325 e. The SMILES string of the molecule is Cc1cccc(NC(=O)CSc2n[nH]c(-c3ccccc3Br)n2)c1. The van der Waals surface area contributed by atoms with Crippen molar-refractivity contribution in [2.75, 3.05) is 11.1 Å². The summed E-state index contributed by atoms with van der Waals surface area (Å²) in [5.74, 6) is 0.836. The van der Waals surface area contributed by atoms with E-state index in [4.69, 9.17) is 0 Å². The fraction of sp³-hybridized carbons (Fsp3) is 0.118. The van der Waals surface area contributed by atoms with Crippen LogP contribution < -0.4 is 5.32 Å². The van der Waals surface area contributed by atoms with E-state index in [9.17, 15) is 4.79 Å². The van der Waals surface area contributed by atoms with E-state index in [2.05, 4.69) is 36.4 Å². The number of hydrogen-bond donors (Lipinski definition) is 2. The fourth-order valence-electron chi connectivity index (χ4n) is 2.13. The Bertz CT molecular complexity index is 865. The maximum Gasteiger partial charge on any atom is 0.234 e. The van der Waals surface area contributed by atoms with E-state index in [0.717, 1.165) is 21.3 Å². The Kier molecular flexibility index (Phi) is 5.32. The highest BCUT2D eigenvalue weighted by Crippen LogP contribution is 2.26. The van der Waals surface area contributed by atoms with Gasteiger partial charge in [-0.2, -0.15) is 0 Å². The number of H-pyrrole nitrogens is 1. The van der Waals surface area contributed by atoms with Gasteiger partial charge in [-0.05, 0) is 30.7 Å². The molecule has 0 saturated carbocycles. The number of aromatic amines is 1. The third-order valence-corrected chi connectivity index (χ3v) is 4.77. The van der Waals surface area contributed by atoms with Gasteiger partial charge in [-0.1, -0.05) is 58.0 Å². The summed E-state index contributed by atoms with van der Waals surface area (Å²) in [6.07, 6.45) is 0. The molecule has 3 rings (SSSR count). The first-order valence-electron chi connectivity index (χ1n) is 7.28. The van der Waals surface area contributed by atoms with Gasteiger partial charge in [0, 0.05) is 15.7 Å². The van der Waals surface area contributed by atoms with E-state index >= 15 is 0 Å². The minimum atomic E-state index is -0.0853. The molecule has 0 fully saturated rings. The first-order valence-corrected chi connectivity index (χ1v) is 9.06. The van der Waals surface area contributed by atoms with Crippen molar-refractivity contribution in [2.45, 2.75) is 12.1 Å². The number of anilines is 1. The Labute approximate surface area is 152 Å². The molecule has 1 heterocycles. The van der Waals surface area contributed by atoms with Crippen LogP contribution >= 0.6 is 27.7 Å². The van der Waals surface area contributed by atoms with Gasteiger partial charge in [-0.25, -0.2) is 4.98 Å². The molecule has 122 valence electrons. The summed E-state index contributed by atoms with van der Waals surface area (Å²) in [6, 6.07) is 15.5. The number of aromatic nitrogens is 3. The number of carbonyl (C=O) groups excluding carboxylic acids is 1. The monoisotopic (exact) mass is 402 g/mol. The summed E-state index contributed by atoms with van der Waals surface area (Å²) < 4.78 is 0.940. The molecule has 1 amide bonds. The Hall–Kier alpha value is -2.12. The van der Waals surface area contributed by atoms with E-state index in [1.807, 2.05) is 55.5 Å². The summed E-state index contributed by atoms with van der Waals surface area (Å²) in [7, 11) is 0. The zero-order valence-corrected chi connectivity index (χ0v) is 15.3. The quantitative estimate of drug-likeness (QED) is 0.624. The van der Waals surface area contributed by atoms with E-state index in [1.54, 1.807) is 0 Å². The van der Waals surface area contributed by atoms with Crippen LogP contribution in [0.4, 0.5) is 5.69 Å². The van der Waals surface area contributed by atoms with Crippen molar-refractivity contribution in [1.82, 2.24) is 15.2 Å². The molecule has 3 aromatic rings. The molecular weight excluding hydrogens is 388 g/mol. The number of benzene rings is 2. The van der Waals surface area contributed by atoms with Crippen molar-refractivity contribution >= 4 is 39.3 Å². The molecule has 5 nitrogen and oxygen atoms in total. The van der Waals surface area contributed by atoms with Gasteiger partial charge in [0.15, 0.2) is 5.82 Å². The lowest BCUT2D eigenvalue weighted by Gasteiger charge is -2.04. The van der Waals surface area contributed by atoms with Gasteiger partial charge in [0.05, 0.1) is 5.75 Å². The standard InChI is InChI=1S/C17H15BrN4OS/c1-11-5-4-6-12(9-11)19-15(23)10-24-17-20-16(21-22-17)13-7-2-3-8-14(13)18/h2-9H,10H2,1H3,(H,19,23)(H,20,21,22). The van der Waals surface area contributed by atoms with Crippen molar-refractivity contribution in [3.8, 4) is 11.4 Å². The summed E-state index contributed by atoms with van der Waals surface area (Å²) in [6.45, 7) is 1.99. The highest BCUT2D eigenvalue weighted by Gasteiger charge is 2.11. The minimum Gasteiger partial charge on any atom is -0.325 e. The Morgan fingerprint density at radius 3 is 2.88 bits per heavy atom. The van der Waals surface area contributed by atoms with Crippen molar-refractivity contribution in [2.24, 2.45) is 0 Å². The van der Waals surface area contributed by atoms with Gasteiger partial charge < -0.3 is 5.32 Å². The van der Waals surface area contributed by atoms with E-state index in [-0.39, 0.29) is 11.7 Å². The normalized spacial score (nSPS) is 10.6. The maximum absolute atomic E-state index is 12.0. The lowest BCUT2D eigenvalue weighted by atomic mass is 10.2. The topological polar surface area (TPSA) is 70.7 Å². The molecule has 0 radical (unpaired) electrons.